The Hall–Kier alpha value is -2.58. The highest BCUT2D eigenvalue weighted by molar-refractivity contribution is 6.31. The second-order valence-corrected chi connectivity index (χ2v) is 4.66. The standard InChI is InChI=1S/C15H10ClFN2O2/c16-11-2-4-13(14(19)6-11)15(20)21-8-10-5-12(17)3-1-9(10)7-18/h1-6H,8,19H2. The molecule has 0 aliphatic rings. The minimum absolute atomic E-state index is 0.161. The van der Waals surface area contributed by atoms with Crippen molar-refractivity contribution in [3.63, 3.8) is 0 Å². The van der Waals surface area contributed by atoms with Gasteiger partial charge >= 0.3 is 5.97 Å². The minimum Gasteiger partial charge on any atom is -0.457 e. The van der Waals surface area contributed by atoms with E-state index in [2.05, 4.69) is 0 Å². The van der Waals surface area contributed by atoms with E-state index in [4.69, 9.17) is 27.3 Å². The van der Waals surface area contributed by atoms with E-state index in [9.17, 15) is 9.18 Å². The Balaban J connectivity index is 2.15. The lowest BCUT2D eigenvalue weighted by Crippen LogP contribution is -2.09. The number of carbonyl (C=O) groups excluding carboxylic acids is 1. The molecule has 0 heterocycles. The average molecular weight is 305 g/mol. The molecule has 4 nitrogen and oxygen atoms in total. The number of ether oxygens (including phenoxy) is 1. The van der Waals surface area contributed by atoms with Crippen LogP contribution in [0.15, 0.2) is 36.4 Å². The molecule has 106 valence electrons. The number of hydrogen-bond acceptors (Lipinski definition) is 4. The Morgan fingerprint density at radius 2 is 2.10 bits per heavy atom. The molecule has 0 saturated heterocycles. The second kappa shape index (κ2) is 6.25. The fourth-order valence-corrected chi connectivity index (χ4v) is 1.91. The molecule has 2 N–H and O–H groups in total. The summed E-state index contributed by atoms with van der Waals surface area (Å²) in [4.78, 5) is 11.9. The smallest absolute Gasteiger partial charge is 0.340 e. The van der Waals surface area contributed by atoms with Gasteiger partial charge in [-0.15, -0.1) is 0 Å². The van der Waals surface area contributed by atoms with Crippen molar-refractivity contribution in [2.24, 2.45) is 0 Å². The molecule has 0 spiro atoms. The van der Waals surface area contributed by atoms with E-state index in [0.29, 0.717) is 10.6 Å². The third-order valence-corrected chi connectivity index (χ3v) is 3.02. The number of nitriles is 1. The van der Waals surface area contributed by atoms with Crippen LogP contribution < -0.4 is 5.73 Å². The molecule has 2 aromatic carbocycles. The van der Waals surface area contributed by atoms with Gasteiger partial charge < -0.3 is 10.5 Å². The zero-order valence-corrected chi connectivity index (χ0v) is 11.5. The number of esters is 1. The Bertz CT molecular complexity index is 741. The van der Waals surface area contributed by atoms with E-state index in [1.807, 2.05) is 6.07 Å². The van der Waals surface area contributed by atoms with E-state index in [0.717, 1.165) is 6.07 Å². The summed E-state index contributed by atoms with van der Waals surface area (Å²) >= 11 is 5.74. The van der Waals surface area contributed by atoms with Gasteiger partial charge in [-0.3, -0.25) is 0 Å². The Morgan fingerprint density at radius 1 is 1.33 bits per heavy atom. The zero-order chi connectivity index (χ0) is 15.4. The van der Waals surface area contributed by atoms with Crippen LogP contribution in [-0.4, -0.2) is 5.97 Å². The molecule has 2 rings (SSSR count). The van der Waals surface area contributed by atoms with Gasteiger partial charge in [-0.25, -0.2) is 9.18 Å². The van der Waals surface area contributed by atoms with Gasteiger partial charge in [0.25, 0.3) is 0 Å². The molecule has 0 aliphatic heterocycles. The van der Waals surface area contributed by atoms with Crippen molar-refractivity contribution in [3.8, 4) is 6.07 Å². The summed E-state index contributed by atoms with van der Waals surface area (Å²) in [6, 6.07) is 9.94. The van der Waals surface area contributed by atoms with E-state index in [-0.39, 0.29) is 23.4 Å². The van der Waals surface area contributed by atoms with Crippen molar-refractivity contribution in [1.29, 1.82) is 5.26 Å². The molecule has 0 aliphatic carbocycles. The van der Waals surface area contributed by atoms with Gasteiger partial charge in [0.05, 0.1) is 17.2 Å². The number of halogens is 2. The lowest BCUT2D eigenvalue weighted by Gasteiger charge is -2.08. The highest BCUT2D eigenvalue weighted by Gasteiger charge is 2.13. The van der Waals surface area contributed by atoms with E-state index in [1.54, 1.807) is 0 Å². The Morgan fingerprint density at radius 3 is 2.76 bits per heavy atom. The fraction of sp³-hybridized carbons (Fsp3) is 0.0667. The summed E-state index contributed by atoms with van der Waals surface area (Å²) in [6.45, 7) is -0.221. The first-order valence-corrected chi connectivity index (χ1v) is 6.29. The topological polar surface area (TPSA) is 76.1 Å². The number of carbonyl (C=O) groups is 1. The molecule has 0 bridgehead atoms. The van der Waals surface area contributed by atoms with Gasteiger partial charge in [-0.05, 0) is 36.4 Å². The van der Waals surface area contributed by atoms with Gasteiger partial charge in [0, 0.05) is 16.3 Å². The number of nitrogens with zero attached hydrogens (tertiary/aromatic N) is 1. The maximum Gasteiger partial charge on any atom is 0.340 e. The summed E-state index contributed by atoms with van der Waals surface area (Å²) in [7, 11) is 0. The molecule has 0 saturated carbocycles. The van der Waals surface area contributed by atoms with Gasteiger partial charge in [0.1, 0.15) is 12.4 Å². The first-order valence-electron chi connectivity index (χ1n) is 5.92. The summed E-state index contributed by atoms with van der Waals surface area (Å²) in [6.07, 6.45) is 0. The van der Waals surface area contributed by atoms with Crippen LogP contribution in [0.3, 0.4) is 0 Å². The monoisotopic (exact) mass is 304 g/mol. The third kappa shape index (κ3) is 3.50. The molecule has 0 aromatic heterocycles. The molecule has 2 aromatic rings. The zero-order valence-electron chi connectivity index (χ0n) is 10.8. The first-order chi connectivity index (χ1) is 10.0. The number of anilines is 1. The number of hydrogen-bond donors (Lipinski definition) is 1. The average Bonchev–Trinajstić information content (AvgIpc) is 2.45. The predicted octanol–water partition coefficient (Wildman–Crippen LogP) is 3.29. The van der Waals surface area contributed by atoms with Crippen molar-refractivity contribution < 1.29 is 13.9 Å². The van der Waals surface area contributed by atoms with Crippen molar-refractivity contribution >= 4 is 23.3 Å². The van der Waals surface area contributed by atoms with Crippen molar-refractivity contribution in [3.05, 3.63) is 63.9 Å². The largest absolute Gasteiger partial charge is 0.457 e. The van der Waals surface area contributed by atoms with Crippen LogP contribution in [-0.2, 0) is 11.3 Å². The van der Waals surface area contributed by atoms with Gasteiger partial charge in [0.2, 0.25) is 0 Å². The molecule has 21 heavy (non-hydrogen) atoms. The molecule has 0 amide bonds. The molecule has 0 atom stereocenters. The van der Waals surface area contributed by atoms with Crippen LogP contribution in [0.1, 0.15) is 21.5 Å². The van der Waals surface area contributed by atoms with Crippen molar-refractivity contribution in [2.75, 3.05) is 5.73 Å². The van der Waals surface area contributed by atoms with Crippen LogP contribution in [0.2, 0.25) is 5.02 Å². The van der Waals surface area contributed by atoms with Crippen LogP contribution in [0.5, 0.6) is 0 Å². The number of rotatable bonds is 3. The summed E-state index contributed by atoms with van der Waals surface area (Å²) < 4.78 is 18.2. The molecular weight excluding hydrogens is 295 g/mol. The molecule has 0 fully saturated rings. The maximum atomic E-state index is 13.2. The highest BCUT2D eigenvalue weighted by Crippen LogP contribution is 2.20. The quantitative estimate of drug-likeness (QED) is 0.697. The van der Waals surface area contributed by atoms with Crippen molar-refractivity contribution in [2.45, 2.75) is 6.61 Å². The number of nitrogens with two attached hydrogens (primary N) is 1. The van der Waals surface area contributed by atoms with E-state index < -0.39 is 11.8 Å². The number of nitrogen functional groups attached to an aromatic ring is 1. The van der Waals surface area contributed by atoms with Gasteiger partial charge in [-0.1, -0.05) is 11.6 Å². The Kier molecular flexibility index (Phi) is 4.41. The predicted molar refractivity (Wildman–Crippen MR) is 76.1 cm³/mol. The van der Waals surface area contributed by atoms with Gasteiger partial charge in [0.15, 0.2) is 0 Å². The normalized spacial score (nSPS) is 9.95. The third-order valence-electron chi connectivity index (χ3n) is 2.78. The van der Waals surface area contributed by atoms with Crippen LogP contribution in [0.25, 0.3) is 0 Å². The second-order valence-electron chi connectivity index (χ2n) is 4.22. The fourth-order valence-electron chi connectivity index (χ4n) is 1.73. The van der Waals surface area contributed by atoms with Crippen LogP contribution >= 0.6 is 11.6 Å². The summed E-state index contributed by atoms with van der Waals surface area (Å²) in [5.74, 6) is -1.18. The lowest BCUT2D eigenvalue weighted by atomic mass is 10.1. The first kappa shape index (κ1) is 14.8. The lowest BCUT2D eigenvalue weighted by molar-refractivity contribution is 0.0473. The maximum absolute atomic E-state index is 13.2. The summed E-state index contributed by atoms with van der Waals surface area (Å²) in [5.41, 5.74) is 6.56. The molecular formula is C15H10ClFN2O2. The van der Waals surface area contributed by atoms with Crippen molar-refractivity contribution in [1.82, 2.24) is 0 Å². The molecule has 0 radical (unpaired) electrons. The number of benzene rings is 2. The minimum atomic E-state index is -0.669. The molecule has 6 heteroatoms. The van der Waals surface area contributed by atoms with Gasteiger partial charge in [-0.2, -0.15) is 5.26 Å². The van der Waals surface area contributed by atoms with E-state index in [1.165, 1.54) is 30.3 Å². The highest BCUT2D eigenvalue weighted by atomic mass is 35.5. The Labute approximate surface area is 125 Å². The van der Waals surface area contributed by atoms with E-state index >= 15 is 0 Å². The van der Waals surface area contributed by atoms with Crippen LogP contribution in [0.4, 0.5) is 10.1 Å². The summed E-state index contributed by atoms with van der Waals surface area (Å²) in [5, 5.41) is 9.32. The van der Waals surface area contributed by atoms with Crippen LogP contribution in [0, 0.1) is 17.1 Å². The molecule has 0 unspecified atom stereocenters. The SMILES string of the molecule is N#Cc1ccc(F)cc1COC(=O)c1ccc(Cl)cc1N.